The average Bonchev–Trinajstić information content (AvgIpc) is 3.21. The van der Waals surface area contributed by atoms with Gasteiger partial charge in [0.05, 0.1) is 16.6 Å². The lowest BCUT2D eigenvalue weighted by molar-refractivity contribution is 0.557. The molecular weight excluding hydrogens is 398 g/mol. The molecule has 0 amide bonds. The Kier molecular flexibility index (Phi) is 6.11. The van der Waals surface area contributed by atoms with Crippen LogP contribution in [0.15, 0.2) is 63.9 Å². The maximum absolute atomic E-state index is 13.0. The highest BCUT2D eigenvalue weighted by atomic mass is 32.2. The monoisotopic (exact) mass is 421 g/mol. The Balaban J connectivity index is 1.59. The fraction of sp³-hybridized carbons (Fsp3) is 0.261. The number of thiazole rings is 1. The van der Waals surface area contributed by atoms with Gasteiger partial charge in [0.15, 0.2) is 5.16 Å². The molecule has 0 bridgehead atoms. The molecule has 0 aliphatic carbocycles. The molecule has 0 aliphatic heterocycles. The molecule has 0 radical (unpaired) electrons. The van der Waals surface area contributed by atoms with E-state index in [9.17, 15) is 4.79 Å². The van der Waals surface area contributed by atoms with Crippen LogP contribution in [0.25, 0.3) is 21.5 Å². The van der Waals surface area contributed by atoms with Crippen molar-refractivity contribution in [2.75, 3.05) is 0 Å². The first kappa shape index (κ1) is 19.9. The van der Waals surface area contributed by atoms with E-state index in [1.807, 2.05) is 28.8 Å². The number of hydrogen-bond donors (Lipinski definition) is 0. The van der Waals surface area contributed by atoms with Gasteiger partial charge in [0.25, 0.3) is 5.56 Å². The second kappa shape index (κ2) is 8.93. The van der Waals surface area contributed by atoms with Crippen molar-refractivity contribution in [2.24, 2.45) is 0 Å². The van der Waals surface area contributed by atoms with E-state index in [4.69, 9.17) is 9.97 Å². The molecule has 29 heavy (non-hydrogen) atoms. The lowest BCUT2D eigenvalue weighted by Gasteiger charge is -2.12. The summed E-state index contributed by atoms with van der Waals surface area (Å²) in [4.78, 5) is 22.5. The van der Waals surface area contributed by atoms with E-state index in [2.05, 4.69) is 43.5 Å². The molecule has 6 heteroatoms. The van der Waals surface area contributed by atoms with Crippen molar-refractivity contribution in [3.05, 3.63) is 75.5 Å². The van der Waals surface area contributed by atoms with Gasteiger partial charge in [0, 0.05) is 23.2 Å². The lowest BCUT2D eigenvalue weighted by atomic mass is 10.2. The molecule has 0 fully saturated rings. The van der Waals surface area contributed by atoms with Crippen LogP contribution in [-0.4, -0.2) is 14.5 Å². The van der Waals surface area contributed by atoms with Crippen molar-refractivity contribution in [3.63, 3.8) is 0 Å². The molecule has 2 heterocycles. The maximum atomic E-state index is 13.0. The summed E-state index contributed by atoms with van der Waals surface area (Å²) in [5, 5.41) is 4.57. The molecule has 0 saturated carbocycles. The molecule has 148 valence electrons. The number of nitrogens with zero attached hydrogens (tertiary/aromatic N) is 3. The van der Waals surface area contributed by atoms with Crippen LogP contribution in [0, 0.1) is 6.92 Å². The predicted molar refractivity (Wildman–Crippen MR) is 123 cm³/mol. The van der Waals surface area contributed by atoms with Crippen LogP contribution in [0.4, 0.5) is 0 Å². The number of rotatable bonds is 7. The minimum absolute atomic E-state index is 0.0465. The third-order valence-corrected chi connectivity index (χ3v) is 6.71. The lowest BCUT2D eigenvalue weighted by Crippen LogP contribution is -2.23. The van der Waals surface area contributed by atoms with Crippen molar-refractivity contribution in [3.8, 4) is 10.6 Å². The predicted octanol–water partition coefficient (Wildman–Crippen LogP) is 5.92. The Bertz CT molecular complexity index is 1180. The average molecular weight is 422 g/mol. The normalized spacial score (nSPS) is 11.2. The Morgan fingerprint density at radius 2 is 1.86 bits per heavy atom. The van der Waals surface area contributed by atoms with Gasteiger partial charge in [-0.15, -0.1) is 11.3 Å². The second-order valence-corrected chi connectivity index (χ2v) is 8.82. The smallest absolute Gasteiger partial charge is 0.262 e. The zero-order chi connectivity index (χ0) is 20.2. The number of hydrogen-bond acceptors (Lipinski definition) is 5. The first-order valence-electron chi connectivity index (χ1n) is 9.79. The Labute approximate surface area is 178 Å². The van der Waals surface area contributed by atoms with Crippen LogP contribution in [0.3, 0.4) is 0 Å². The van der Waals surface area contributed by atoms with E-state index in [0.717, 1.165) is 39.8 Å². The molecule has 4 rings (SSSR count). The summed E-state index contributed by atoms with van der Waals surface area (Å²) in [6.45, 7) is 4.91. The van der Waals surface area contributed by atoms with Crippen LogP contribution in [0.5, 0.6) is 0 Å². The van der Waals surface area contributed by atoms with E-state index in [1.165, 1.54) is 5.56 Å². The van der Waals surface area contributed by atoms with Gasteiger partial charge >= 0.3 is 0 Å². The molecule has 0 unspecified atom stereocenters. The van der Waals surface area contributed by atoms with Gasteiger partial charge < -0.3 is 0 Å². The van der Waals surface area contributed by atoms with Gasteiger partial charge in [-0.2, -0.15) is 0 Å². The van der Waals surface area contributed by atoms with Gasteiger partial charge in [-0.25, -0.2) is 9.97 Å². The minimum atomic E-state index is 0.0465. The number of thioether (sulfide) groups is 1. The summed E-state index contributed by atoms with van der Waals surface area (Å²) in [5.41, 5.74) is 4.20. The summed E-state index contributed by atoms with van der Waals surface area (Å²) in [7, 11) is 0. The molecule has 2 aromatic carbocycles. The third kappa shape index (κ3) is 4.43. The Morgan fingerprint density at radius 1 is 1.07 bits per heavy atom. The topological polar surface area (TPSA) is 47.8 Å². The van der Waals surface area contributed by atoms with Crippen molar-refractivity contribution in [1.29, 1.82) is 0 Å². The summed E-state index contributed by atoms with van der Waals surface area (Å²) in [6.07, 6.45) is 2.00. The number of benzene rings is 2. The summed E-state index contributed by atoms with van der Waals surface area (Å²) in [6, 6.07) is 16.0. The van der Waals surface area contributed by atoms with Crippen molar-refractivity contribution < 1.29 is 0 Å². The van der Waals surface area contributed by atoms with Gasteiger partial charge in [0.1, 0.15) is 5.01 Å². The summed E-state index contributed by atoms with van der Waals surface area (Å²) in [5.74, 6) is 0.694. The number of para-hydroxylation sites is 1. The van der Waals surface area contributed by atoms with Crippen molar-refractivity contribution in [1.82, 2.24) is 14.5 Å². The summed E-state index contributed by atoms with van der Waals surface area (Å²) >= 11 is 3.24. The molecular formula is C23H23N3OS2. The molecule has 0 saturated heterocycles. The molecule has 4 aromatic rings. The van der Waals surface area contributed by atoms with Gasteiger partial charge in [-0.1, -0.05) is 67.1 Å². The first-order chi connectivity index (χ1) is 14.2. The number of aromatic nitrogens is 3. The molecule has 0 aliphatic rings. The molecule has 4 nitrogen and oxygen atoms in total. The highest BCUT2D eigenvalue weighted by molar-refractivity contribution is 7.98. The first-order valence-corrected chi connectivity index (χ1v) is 11.7. The standard InChI is InChI=1S/C23H23N3OS2/c1-3-4-13-26-22(27)19-7-5-6-8-20(19)25-23(26)29-15-18-14-28-21(24-18)17-11-9-16(2)10-12-17/h5-12,14H,3-4,13,15H2,1-2H3. The van der Waals surface area contributed by atoms with E-state index >= 15 is 0 Å². The minimum Gasteiger partial charge on any atom is -0.287 e. The van der Waals surface area contributed by atoms with Crippen molar-refractivity contribution in [2.45, 2.75) is 44.1 Å². The highest BCUT2D eigenvalue weighted by Gasteiger charge is 2.12. The van der Waals surface area contributed by atoms with E-state index in [1.54, 1.807) is 23.1 Å². The van der Waals surface area contributed by atoms with Crippen LogP contribution in [0.2, 0.25) is 0 Å². The van der Waals surface area contributed by atoms with E-state index in [0.29, 0.717) is 17.7 Å². The van der Waals surface area contributed by atoms with E-state index < -0.39 is 0 Å². The maximum Gasteiger partial charge on any atom is 0.262 e. The molecule has 0 spiro atoms. The van der Waals surface area contributed by atoms with Crippen molar-refractivity contribution >= 4 is 34.0 Å². The molecule has 2 aromatic heterocycles. The fourth-order valence-corrected chi connectivity index (χ4v) is 4.96. The Hall–Kier alpha value is -2.44. The van der Waals surface area contributed by atoms with E-state index in [-0.39, 0.29) is 5.56 Å². The quantitative estimate of drug-likeness (QED) is 0.274. The number of unbranched alkanes of at least 4 members (excludes halogenated alkanes) is 1. The number of aryl methyl sites for hydroxylation is 1. The Morgan fingerprint density at radius 3 is 2.66 bits per heavy atom. The fourth-order valence-electron chi connectivity index (χ4n) is 3.11. The zero-order valence-electron chi connectivity index (χ0n) is 16.6. The molecule has 0 atom stereocenters. The molecule has 0 N–H and O–H groups in total. The zero-order valence-corrected chi connectivity index (χ0v) is 18.2. The van der Waals surface area contributed by atoms with Gasteiger partial charge in [-0.05, 0) is 25.5 Å². The second-order valence-electron chi connectivity index (χ2n) is 7.02. The van der Waals surface area contributed by atoms with Crippen LogP contribution in [0.1, 0.15) is 31.0 Å². The highest BCUT2D eigenvalue weighted by Crippen LogP contribution is 2.28. The van der Waals surface area contributed by atoms with Gasteiger partial charge in [-0.3, -0.25) is 9.36 Å². The number of fused-ring (bicyclic) bond motifs is 1. The van der Waals surface area contributed by atoms with Crippen LogP contribution >= 0.6 is 23.1 Å². The van der Waals surface area contributed by atoms with Crippen LogP contribution in [-0.2, 0) is 12.3 Å². The largest absolute Gasteiger partial charge is 0.287 e. The van der Waals surface area contributed by atoms with Crippen LogP contribution < -0.4 is 5.56 Å². The third-order valence-electron chi connectivity index (χ3n) is 4.76. The summed E-state index contributed by atoms with van der Waals surface area (Å²) < 4.78 is 1.82. The van der Waals surface area contributed by atoms with Gasteiger partial charge in [0.2, 0.25) is 0 Å². The SMILES string of the molecule is CCCCn1c(SCc2csc(-c3ccc(C)cc3)n2)nc2ccccc2c1=O.